The Bertz CT molecular complexity index is 2070. The number of nitrogens with zero attached hydrogens (tertiary/aromatic N) is 3. The molecule has 2 unspecified atom stereocenters. The Morgan fingerprint density at radius 1 is 1.05 bits per heavy atom. The SMILES string of the molecule is CCCCOc1noc2c1C(=O)[C@@]1(O[Si](C)(C)C(C)(C)C)C(=O)C3=C(O)c4c(c(F)c5c(c4OCCCC)N(C(=O)OC(C)(C)C)CC4CCN(C)C54)C[C@H]3C[C@H]1[C@@H]2N. The van der Waals surface area contributed by atoms with Gasteiger partial charge in [-0.25, -0.2) is 9.18 Å². The first-order chi connectivity index (χ1) is 27.6. The summed E-state index contributed by atoms with van der Waals surface area (Å²) in [6.45, 7) is 20.7. The van der Waals surface area contributed by atoms with Gasteiger partial charge >= 0.3 is 6.09 Å². The molecule has 2 aromatic rings. The molecule has 1 aromatic carbocycles. The fourth-order valence-corrected chi connectivity index (χ4v) is 11.0. The highest BCUT2D eigenvalue weighted by atomic mass is 28.4. The Balaban J connectivity index is 1.48. The normalized spacial score (nSPS) is 26.8. The molecule has 1 aromatic heterocycles. The van der Waals surface area contributed by atoms with E-state index >= 15 is 14.0 Å². The van der Waals surface area contributed by atoms with Crippen molar-refractivity contribution in [3.05, 3.63) is 39.4 Å². The molecule has 3 heterocycles. The number of carbonyl (C=O) groups excluding carboxylic acids is 3. The topological polar surface area (TPSA) is 167 Å². The zero-order valence-corrected chi connectivity index (χ0v) is 37.7. The second-order valence-electron chi connectivity index (χ2n) is 19.7. The van der Waals surface area contributed by atoms with Gasteiger partial charge < -0.3 is 34.0 Å². The molecular weight excluding hydrogens is 776 g/mol. The molecule has 324 valence electrons. The number of amides is 1. The van der Waals surface area contributed by atoms with E-state index in [0.717, 1.165) is 19.3 Å². The minimum atomic E-state index is -2.99. The highest BCUT2D eigenvalue weighted by molar-refractivity contribution is 6.74. The van der Waals surface area contributed by atoms with Crippen LogP contribution in [-0.2, 0) is 20.4 Å². The van der Waals surface area contributed by atoms with Crippen LogP contribution in [0.3, 0.4) is 0 Å². The highest BCUT2D eigenvalue weighted by Crippen LogP contribution is 2.60. The first-order valence-corrected chi connectivity index (χ1v) is 24.3. The standard InChI is InChI=1S/C44H63FN4O9Si/c1-12-14-18-54-37-28-25(31(45)29-33-23(16-17-48(33)9)22-49(34(29)37)41(53)56-42(3,4)5)20-24-21-26-32(46)36-30(40(47-57-36)55-19-15-13-2)39(52)44(26,38(51)27(24)35(28)50)58-59(10,11)43(6,7)8/h23-24,26,32-33,50H,12-22,46H2,1-11H3/t23?,24-,26-,32-,33?,44-/m0/s1. The maximum Gasteiger partial charge on any atom is 0.414 e. The summed E-state index contributed by atoms with van der Waals surface area (Å²) in [4.78, 5) is 48.8. The fraction of sp³-hybridized carbons (Fsp3) is 0.682. The van der Waals surface area contributed by atoms with Crippen molar-refractivity contribution >= 4 is 37.4 Å². The Kier molecular flexibility index (Phi) is 11.2. The maximum absolute atomic E-state index is 17.8. The summed E-state index contributed by atoms with van der Waals surface area (Å²) < 4.78 is 49.1. The first-order valence-electron chi connectivity index (χ1n) is 21.4. The summed E-state index contributed by atoms with van der Waals surface area (Å²) in [5.74, 6) is -4.02. The summed E-state index contributed by atoms with van der Waals surface area (Å²) in [7, 11) is -1.04. The Morgan fingerprint density at radius 2 is 1.71 bits per heavy atom. The van der Waals surface area contributed by atoms with Crippen molar-refractivity contribution in [3.63, 3.8) is 0 Å². The van der Waals surface area contributed by atoms with E-state index < -0.39 is 71.7 Å². The number of carbonyl (C=O) groups is 3. The van der Waals surface area contributed by atoms with E-state index in [1.807, 2.05) is 54.8 Å². The van der Waals surface area contributed by atoms with Gasteiger partial charge in [0.05, 0.1) is 30.5 Å². The van der Waals surface area contributed by atoms with Gasteiger partial charge in [0, 0.05) is 35.2 Å². The number of rotatable bonds is 10. The van der Waals surface area contributed by atoms with Crippen molar-refractivity contribution in [1.29, 1.82) is 0 Å². The van der Waals surface area contributed by atoms with Crippen LogP contribution in [0.2, 0.25) is 18.1 Å². The van der Waals surface area contributed by atoms with Crippen molar-refractivity contribution in [1.82, 2.24) is 10.1 Å². The highest BCUT2D eigenvalue weighted by Gasteiger charge is 2.68. The molecule has 3 aliphatic carbocycles. The van der Waals surface area contributed by atoms with E-state index in [-0.39, 0.29) is 89.9 Å². The number of hydrogen-bond acceptors (Lipinski definition) is 12. The molecule has 5 aliphatic rings. The number of aliphatic hydroxyl groups is 1. The van der Waals surface area contributed by atoms with E-state index in [1.54, 1.807) is 20.8 Å². The lowest BCUT2D eigenvalue weighted by atomic mass is 9.57. The summed E-state index contributed by atoms with van der Waals surface area (Å²) in [5, 5.41) is 16.4. The second-order valence-corrected chi connectivity index (χ2v) is 24.5. The smallest absolute Gasteiger partial charge is 0.414 e. The van der Waals surface area contributed by atoms with Crippen molar-refractivity contribution in [3.8, 4) is 11.6 Å². The van der Waals surface area contributed by atoms with E-state index in [0.29, 0.717) is 24.9 Å². The van der Waals surface area contributed by atoms with Gasteiger partial charge in [0.25, 0.3) is 5.88 Å². The lowest BCUT2D eigenvalue weighted by Gasteiger charge is -2.53. The van der Waals surface area contributed by atoms with Crippen molar-refractivity contribution in [2.45, 2.75) is 142 Å². The number of ether oxygens (including phenoxy) is 3. The van der Waals surface area contributed by atoms with Crippen molar-refractivity contribution < 1.29 is 47.0 Å². The Labute approximate surface area is 348 Å². The monoisotopic (exact) mass is 838 g/mol. The van der Waals surface area contributed by atoms with Crippen LogP contribution >= 0.6 is 0 Å². The third-order valence-corrected chi connectivity index (χ3v) is 18.0. The van der Waals surface area contributed by atoms with Gasteiger partial charge in [-0.3, -0.25) is 19.4 Å². The number of hydrogen-bond donors (Lipinski definition) is 2. The molecule has 59 heavy (non-hydrogen) atoms. The number of fused-ring (bicyclic) bond motifs is 7. The maximum atomic E-state index is 17.8. The quantitative estimate of drug-likeness (QED) is 0.133. The number of Topliss-reactive ketones (excluding diaryl/α,β-unsaturated/α-hetero) is 2. The molecule has 2 fully saturated rings. The Hall–Kier alpha value is -3.79. The lowest BCUT2D eigenvalue weighted by Crippen LogP contribution is -2.68. The molecule has 6 atom stereocenters. The number of unbranched alkanes of at least 4 members (excludes halogenated alkanes) is 2. The van der Waals surface area contributed by atoms with Crippen LogP contribution < -0.4 is 20.1 Å². The predicted molar refractivity (Wildman–Crippen MR) is 223 cm³/mol. The van der Waals surface area contributed by atoms with Gasteiger partial charge in [-0.05, 0) is 102 Å². The van der Waals surface area contributed by atoms with Crippen LogP contribution in [-0.4, -0.2) is 85.7 Å². The van der Waals surface area contributed by atoms with E-state index in [4.69, 9.17) is 28.9 Å². The van der Waals surface area contributed by atoms with E-state index in [1.165, 1.54) is 4.90 Å². The zero-order chi connectivity index (χ0) is 43.1. The van der Waals surface area contributed by atoms with Crippen molar-refractivity contribution in [2.75, 3.05) is 38.3 Å². The van der Waals surface area contributed by atoms with Crippen LogP contribution in [0.25, 0.3) is 5.76 Å². The van der Waals surface area contributed by atoms with Crippen molar-refractivity contribution in [2.24, 2.45) is 23.5 Å². The fourth-order valence-electron chi connectivity index (χ4n) is 9.59. The third-order valence-electron chi connectivity index (χ3n) is 13.6. The van der Waals surface area contributed by atoms with Gasteiger partial charge in [-0.1, -0.05) is 47.5 Å². The van der Waals surface area contributed by atoms with Gasteiger partial charge in [0.1, 0.15) is 22.7 Å². The number of likely N-dealkylation sites (tertiary alicyclic amines) is 1. The summed E-state index contributed by atoms with van der Waals surface area (Å²) in [6.07, 6.45) is 3.17. The van der Waals surface area contributed by atoms with Crippen LogP contribution in [0.1, 0.15) is 139 Å². The molecule has 1 amide bonds. The van der Waals surface area contributed by atoms with Crippen LogP contribution in [0.4, 0.5) is 14.9 Å². The number of nitrogens with two attached hydrogens (primary N) is 1. The number of halogens is 1. The largest absolute Gasteiger partial charge is 0.507 e. The van der Waals surface area contributed by atoms with E-state index in [2.05, 4.69) is 10.1 Å². The van der Waals surface area contributed by atoms with Gasteiger partial charge in [0.15, 0.2) is 25.4 Å². The number of anilines is 1. The predicted octanol–water partition coefficient (Wildman–Crippen LogP) is 8.61. The molecule has 15 heteroatoms. The summed E-state index contributed by atoms with van der Waals surface area (Å²) >= 11 is 0. The average molecular weight is 839 g/mol. The first kappa shape index (κ1) is 43.3. The molecule has 3 N–H and O–H groups in total. The Morgan fingerprint density at radius 3 is 2.34 bits per heavy atom. The lowest BCUT2D eigenvalue weighted by molar-refractivity contribution is -0.138. The van der Waals surface area contributed by atoms with Gasteiger partial charge in [0.2, 0.25) is 11.6 Å². The van der Waals surface area contributed by atoms with E-state index in [9.17, 15) is 9.90 Å². The van der Waals surface area contributed by atoms with Crippen LogP contribution in [0.5, 0.6) is 11.6 Å². The molecule has 0 spiro atoms. The molecule has 0 radical (unpaired) electrons. The number of benzene rings is 1. The zero-order valence-electron chi connectivity index (χ0n) is 36.7. The number of ketones is 2. The molecule has 13 nitrogen and oxygen atoms in total. The molecule has 0 bridgehead atoms. The summed E-state index contributed by atoms with van der Waals surface area (Å²) in [6, 6.07) is -1.37. The third kappa shape index (κ3) is 6.91. The van der Waals surface area contributed by atoms with Crippen LogP contribution in [0, 0.1) is 23.6 Å². The minimum absolute atomic E-state index is 0.00681. The molecule has 1 saturated carbocycles. The minimum Gasteiger partial charge on any atom is -0.507 e. The molecule has 7 rings (SSSR count). The van der Waals surface area contributed by atoms with Gasteiger partial charge in [-0.15, -0.1) is 0 Å². The average Bonchev–Trinajstić information content (AvgIpc) is 3.74. The molecular formula is C44H63FN4O9Si. The summed E-state index contributed by atoms with van der Waals surface area (Å²) in [5.41, 5.74) is 4.67. The number of aliphatic hydroxyl groups excluding tert-OH is 1. The molecule has 1 saturated heterocycles. The number of aromatic nitrogens is 1. The molecule has 2 aliphatic heterocycles. The van der Waals surface area contributed by atoms with Crippen LogP contribution in [0.15, 0.2) is 10.1 Å². The second kappa shape index (κ2) is 15.3. The van der Waals surface area contributed by atoms with Gasteiger partial charge in [-0.2, -0.15) is 0 Å².